The number of rotatable bonds is 3. The zero-order valence-corrected chi connectivity index (χ0v) is 13.1. The first-order chi connectivity index (χ1) is 10.4. The van der Waals surface area contributed by atoms with Crippen molar-refractivity contribution >= 4 is 5.97 Å². The average Bonchev–Trinajstić information content (AvgIpc) is 3.24. The number of aliphatic carboxylic acids is 1. The molecule has 1 aromatic rings. The molecule has 0 radical (unpaired) electrons. The summed E-state index contributed by atoms with van der Waals surface area (Å²) < 4.78 is 19.7. The van der Waals surface area contributed by atoms with Crippen molar-refractivity contribution in [2.24, 2.45) is 11.3 Å². The molecule has 120 valence electrons. The fourth-order valence-electron chi connectivity index (χ4n) is 3.68. The minimum atomic E-state index is -0.938. The summed E-state index contributed by atoms with van der Waals surface area (Å²) in [6.45, 7) is 4.56. The van der Waals surface area contributed by atoms with E-state index < -0.39 is 17.7 Å². The van der Waals surface area contributed by atoms with Gasteiger partial charge in [-0.25, -0.2) is 4.39 Å². The van der Waals surface area contributed by atoms with Crippen LogP contribution in [0.2, 0.25) is 0 Å². The maximum atomic E-state index is 13.6. The Labute approximate surface area is 130 Å². The number of carbonyl (C=O) groups is 1. The van der Waals surface area contributed by atoms with E-state index in [1.807, 2.05) is 0 Å². The van der Waals surface area contributed by atoms with E-state index in [0.717, 1.165) is 18.6 Å². The average molecular weight is 306 g/mol. The Morgan fingerprint density at radius 2 is 2.18 bits per heavy atom. The van der Waals surface area contributed by atoms with Crippen LogP contribution in [-0.4, -0.2) is 17.7 Å². The van der Waals surface area contributed by atoms with Crippen molar-refractivity contribution in [2.75, 3.05) is 6.61 Å². The smallest absolute Gasteiger partial charge is 0.310 e. The Bertz CT molecular complexity index is 580. The highest BCUT2D eigenvalue weighted by atomic mass is 19.1. The van der Waals surface area contributed by atoms with Gasteiger partial charge in [0.05, 0.1) is 18.6 Å². The van der Waals surface area contributed by atoms with Gasteiger partial charge >= 0.3 is 5.97 Å². The molecule has 1 aromatic carbocycles. The lowest BCUT2D eigenvalue weighted by Crippen LogP contribution is -2.15. The van der Waals surface area contributed by atoms with E-state index in [4.69, 9.17) is 4.74 Å². The second kappa shape index (κ2) is 5.65. The molecule has 1 heterocycles. The first-order valence-corrected chi connectivity index (χ1v) is 8.04. The lowest BCUT2D eigenvalue weighted by atomic mass is 9.87. The molecule has 1 aliphatic heterocycles. The number of hydrogen-bond donors (Lipinski definition) is 1. The van der Waals surface area contributed by atoms with Gasteiger partial charge in [0.15, 0.2) is 0 Å². The zero-order valence-electron chi connectivity index (χ0n) is 13.1. The van der Waals surface area contributed by atoms with E-state index in [1.165, 1.54) is 31.4 Å². The van der Waals surface area contributed by atoms with Crippen molar-refractivity contribution in [3.05, 3.63) is 35.1 Å². The van der Waals surface area contributed by atoms with Crippen molar-refractivity contribution in [1.82, 2.24) is 0 Å². The summed E-state index contributed by atoms with van der Waals surface area (Å²) in [5.41, 5.74) is 1.73. The van der Waals surface area contributed by atoms with Gasteiger partial charge in [-0.3, -0.25) is 4.79 Å². The van der Waals surface area contributed by atoms with Crippen LogP contribution < -0.4 is 0 Å². The van der Waals surface area contributed by atoms with Gasteiger partial charge in [-0.15, -0.1) is 0 Å². The summed E-state index contributed by atoms with van der Waals surface area (Å²) in [5.74, 6) is -1.53. The third kappa shape index (κ3) is 3.02. The SMILES string of the molecule is CC1C[C@@H](c2ccc(F)cc2[C@H](C)C(=O)O)OCC2(CC2)C1. The quantitative estimate of drug-likeness (QED) is 0.906. The van der Waals surface area contributed by atoms with Crippen LogP contribution in [0, 0.1) is 17.2 Å². The molecule has 3 atom stereocenters. The van der Waals surface area contributed by atoms with Gasteiger partial charge in [0, 0.05) is 0 Å². The molecule has 4 heteroatoms. The monoisotopic (exact) mass is 306 g/mol. The summed E-state index contributed by atoms with van der Waals surface area (Å²) >= 11 is 0. The maximum Gasteiger partial charge on any atom is 0.310 e. The van der Waals surface area contributed by atoms with Crippen molar-refractivity contribution in [3.63, 3.8) is 0 Å². The molecule has 1 aliphatic carbocycles. The third-order valence-electron chi connectivity index (χ3n) is 5.18. The number of carboxylic acids is 1. The number of ether oxygens (including phenoxy) is 1. The molecule has 1 N–H and O–H groups in total. The second-order valence-electron chi connectivity index (χ2n) is 7.18. The second-order valence-corrected chi connectivity index (χ2v) is 7.18. The molecule has 22 heavy (non-hydrogen) atoms. The highest BCUT2D eigenvalue weighted by Crippen LogP contribution is 2.54. The molecule has 1 saturated carbocycles. The Hall–Kier alpha value is -1.42. The summed E-state index contributed by atoms with van der Waals surface area (Å²) in [6, 6.07) is 4.45. The molecule has 3 rings (SSSR count). The number of hydrogen-bond acceptors (Lipinski definition) is 2. The fraction of sp³-hybridized carbons (Fsp3) is 0.611. The zero-order chi connectivity index (χ0) is 15.9. The van der Waals surface area contributed by atoms with Gasteiger partial charge in [0.2, 0.25) is 0 Å². The Kier molecular flexibility index (Phi) is 3.98. The van der Waals surface area contributed by atoms with Crippen LogP contribution in [0.5, 0.6) is 0 Å². The maximum absolute atomic E-state index is 13.6. The third-order valence-corrected chi connectivity index (χ3v) is 5.18. The van der Waals surface area contributed by atoms with E-state index in [1.54, 1.807) is 13.0 Å². The molecule has 3 nitrogen and oxygen atoms in total. The minimum absolute atomic E-state index is 0.132. The molecule has 1 unspecified atom stereocenters. The number of carboxylic acid groups (broad SMARTS) is 1. The lowest BCUT2D eigenvalue weighted by Gasteiger charge is -2.22. The molecule has 1 saturated heterocycles. The van der Waals surface area contributed by atoms with Gasteiger partial charge < -0.3 is 9.84 Å². The lowest BCUT2D eigenvalue weighted by molar-refractivity contribution is -0.138. The van der Waals surface area contributed by atoms with Crippen molar-refractivity contribution < 1.29 is 19.0 Å². The molecular formula is C18H23FO3. The molecule has 0 amide bonds. The molecule has 2 fully saturated rings. The van der Waals surface area contributed by atoms with Crippen LogP contribution in [0.4, 0.5) is 4.39 Å². The Morgan fingerprint density at radius 3 is 2.82 bits per heavy atom. The Morgan fingerprint density at radius 1 is 1.45 bits per heavy atom. The van der Waals surface area contributed by atoms with Crippen LogP contribution in [0.3, 0.4) is 0 Å². The van der Waals surface area contributed by atoms with Gasteiger partial charge in [-0.05, 0) is 67.2 Å². The summed E-state index contributed by atoms with van der Waals surface area (Å²) in [5, 5.41) is 9.29. The molecule has 1 spiro atoms. The van der Waals surface area contributed by atoms with Gasteiger partial charge in [0.25, 0.3) is 0 Å². The van der Waals surface area contributed by atoms with Gasteiger partial charge in [0.1, 0.15) is 5.82 Å². The standard InChI is InChI=1S/C18H23FO3/c1-11-7-16(22-10-18(9-11)5-6-18)14-4-3-13(19)8-15(14)12(2)17(20)21/h3-4,8,11-12,16H,5-7,9-10H2,1-2H3,(H,20,21)/t11?,12-,16-/m0/s1. The van der Waals surface area contributed by atoms with E-state index in [0.29, 0.717) is 16.9 Å². The minimum Gasteiger partial charge on any atom is -0.481 e. The van der Waals surface area contributed by atoms with Crippen LogP contribution >= 0.6 is 0 Å². The highest BCUT2D eigenvalue weighted by Gasteiger charge is 2.46. The van der Waals surface area contributed by atoms with Crippen LogP contribution in [0.1, 0.15) is 62.7 Å². The van der Waals surface area contributed by atoms with Crippen LogP contribution in [0.25, 0.3) is 0 Å². The number of halogens is 1. The van der Waals surface area contributed by atoms with Gasteiger partial charge in [-0.1, -0.05) is 13.0 Å². The summed E-state index contributed by atoms with van der Waals surface area (Å²) in [7, 11) is 0. The first kappa shape index (κ1) is 15.5. The van der Waals surface area contributed by atoms with Crippen molar-refractivity contribution in [1.29, 1.82) is 0 Å². The topological polar surface area (TPSA) is 46.5 Å². The van der Waals surface area contributed by atoms with Gasteiger partial charge in [-0.2, -0.15) is 0 Å². The van der Waals surface area contributed by atoms with Crippen LogP contribution in [0.15, 0.2) is 18.2 Å². The van der Waals surface area contributed by atoms with Crippen molar-refractivity contribution in [2.45, 2.75) is 51.6 Å². The molecular weight excluding hydrogens is 283 g/mol. The molecule has 0 aromatic heterocycles. The predicted octanol–water partition coefficient (Wildman–Crippen LogP) is 4.28. The first-order valence-electron chi connectivity index (χ1n) is 8.04. The van der Waals surface area contributed by atoms with E-state index in [9.17, 15) is 14.3 Å². The summed E-state index contributed by atoms with van der Waals surface area (Å²) in [6.07, 6.45) is 4.37. The van der Waals surface area contributed by atoms with Crippen LogP contribution in [-0.2, 0) is 9.53 Å². The Balaban J connectivity index is 1.91. The normalized spacial score (nSPS) is 28.1. The largest absolute Gasteiger partial charge is 0.481 e. The molecule has 0 bridgehead atoms. The van der Waals surface area contributed by atoms with Crippen molar-refractivity contribution in [3.8, 4) is 0 Å². The molecule has 2 aliphatic rings. The number of benzene rings is 1. The highest BCUT2D eigenvalue weighted by molar-refractivity contribution is 5.76. The van der Waals surface area contributed by atoms with E-state index in [-0.39, 0.29) is 6.10 Å². The fourth-order valence-corrected chi connectivity index (χ4v) is 3.68. The summed E-state index contributed by atoms with van der Waals surface area (Å²) in [4.78, 5) is 11.3. The van der Waals surface area contributed by atoms with E-state index >= 15 is 0 Å². The van der Waals surface area contributed by atoms with E-state index in [2.05, 4.69) is 6.92 Å². The predicted molar refractivity (Wildman–Crippen MR) is 81.2 cm³/mol.